The molecule has 0 amide bonds. The molecule has 0 bridgehead atoms. The smallest absolute Gasteiger partial charge is 0.0281 e. The number of halogens is 1. The van der Waals surface area contributed by atoms with Crippen molar-refractivity contribution in [1.82, 2.24) is 10.2 Å². The molecule has 0 aliphatic carbocycles. The lowest BCUT2D eigenvalue weighted by molar-refractivity contribution is 0.125. The Labute approximate surface area is 113 Å². The maximum atomic E-state index is 3.51. The predicted molar refractivity (Wildman–Crippen MR) is 76.1 cm³/mol. The molecular weight excluding hydrogens is 276 g/mol. The Morgan fingerprint density at radius 1 is 1.29 bits per heavy atom. The van der Waals surface area contributed by atoms with E-state index >= 15 is 0 Å². The van der Waals surface area contributed by atoms with Gasteiger partial charge >= 0.3 is 0 Å². The Morgan fingerprint density at radius 3 is 2.71 bits per heavy atom. The van der Waals surface area contributed by atoms with Gasteiger partial charge in [0.2, 0.25) is 0 Å². The van der Waals surface area contributed by atoms with Crippen molar-refractivity contribution in [3.8, 4) is 0 Å². The lowest BCUT2D eigenvalue weighted by Crippen LogP contribution is -2.47. The molecule has 2 rings (SSSR count). The zero-order chi connectivity index (χ0) is 12.3. The molecule has 3 heteroatoms. The number of nitrogens with one attached hydrogen (secondary N) is 1. The van der Waals surface area contributed by atoms with Crippen LogP contribution in [0.3, 0.4) is 0 Å². The van der Waals surface area contributed by atoms with E-state index in [0.717, 1.165) is 24.1 Å². The van der Waals surface area contributed by atoms with Crippen LogP contribution in [0.25, 0.3) is 0 Å². The first-order chi connectivity index (χ1) is 8.08. The molecule has 94 valence electrons. The Hall–Kier alpha value is -0.380. The van der Waals surface area contributed by atoms with Crippen molar-refractivity contribution in [2.45, 2.75) is 32.4 Å². The van der Waals surface area contributed by atoms with Gasteiger partial charge in [0, 0.05) is 29.6 Å². The Kier molecular flexibility index (Phi) is 4.23. The van der Waals surface area contributed by atoms with Gasteiger partial charge in [0.1, 0.15) is 0 Å². The molecule has 0 unspecified atom stereocenters. The number of nitrogens with zero attached hydrogens (tertiary/aromatic N) is 1. The molecule has 1 aromatic carbocycles. The molecule has 0 saturated carbocycles. The molecule has 1 fully saturated rings. The van der Waals surface area contributed by atoms with Gasteiger partial charge in [-0.3, -0.25) is 4.90 Å². The fraction of sp³-hybridized carbons (Fsp3) is 0.571. The van der Waals surface area contributed by atoms with Crippen LogP contribution < -0.4 is 5.32 Å². The van der Waals surface area contributed by atoms with E-state index in [0.29, 0.717) is 0 Å². The molecule has 0 atom stereocenters. The minimum absolute atomic E-state index is 0.240. The summed E-state index contributed by atoms with van der Waals surface area (Å²) in [6, 6.07) is 8.66. The fourth-order valence-corrected chi connectivity index (χ4v) is 2.57. The molecule has 1 N–H and O–H groups in total. The highest BCUT2D eigenvalue weighted by Crippen LogP contribution is 2.20. The van der Waals surface area contributed by atoms with E-state index in [1.54, 1.807) is 0 Å². The lowest BCUT2D eigenvalue weighted by atomic mass is 10.0. The van der Waals surface area contributed by atoms with Gasteiger partial charge in [-0.2, -0.15) is 0 Å². The van der Waals surface area contributed by atoms with Gasteiger partial charge in [0.15, 0.2) is 0 Å². The molecule has 1 aliphatic rings. The van der Waals surface area contributed by atoms with Crippen molar-refractivity contribution in [2.24, 2.45) is 0 Å². The van der Waals surface area contributed by atoms with Gasteiger partial charge < -0.3 is 5.32 Å². The molecule has 17 heavy (non-hydrogen) atoms. The summed E-state index contributed by atoms with van der Waals surface area (Å²) >= 11 is 3.48. The first kappa shape index (κ1) is 13.1. The Bertz CT molecular complexity index is 359. The van der Waals surface area contributed by atoms with Crippen molar-refractivity contribution in [3.63, 3.8) is 0 Å². The van der Waals surface area contributed by atoms with Crippen molar-refractivity contribution in [3.05, 3.63) is 34.3 Å². The van der Waals surface area contributed by atoms with Gasteiger partial charge in [-0.05, 0) is 44.5 Å². The third-order valence-electron chi connectivity index (χ3n) is 3.48. The highest BCUT2D eigenvalue weighted by atomic mass is 79.9. The molecule has 2 nitrogen and oxygen atoms in total. The third kappa shape index (κ3) is 3.54. The first-order valence-electron chi connectivity index (χ1n) is 6.28. The average Bonchev–Trinajstić information content (AvgIpc) is 2.44. The van der Waals surface area contributed by atoms with Crippen molar-refractivity contribution >= 4 is 15.9 Å². The summed E-state index contributed by atoms with van der Waals surface area (Å²) in [6.07, 6.45) is 1.24. The summed E-state index contributed by atoms with van der Waals surface area (Å²) in [4.78, 5) is 2.58. The zero-order valence-electron chi connectivity index (χ0n) is 10.7. The minimum atomic E-state index is 0.240. The van der Waals surface area contributed by atoms with Gasteiger partial charge in [-0.25, -0.2) is 0 Å². The quantitative estimate of drug-likeness (QED) is 0.902. The largest absolute Gasteiger partial charge is 0.315 e. The molecule has 1 aliphatic heterocycles. The molecule has 1 heterocycles. The summed E-state index contributed by atoms with van der Waals surface area (Å²) in [7, 11) is 0. The normalized spacial score (nSPS) is 21.1. The standard InChI is InChI=1S/C14H21BrN2/c1-14(2)11-16-8-3-9-17(14)10-12-4-6-13(15)7-5-12/h4-7,16H,3,8-11H2,1-2H3. The molecule has 1 aromatic rings. The zero-order valence-corrected chi connectivity index (χ0v) is 12.3. The highest BCUT2D eigenvalue weighted by Gasteiger charge is 2.27. The minimum Gasteiger partial charge on any atom is -0.315 e. The maximum absolute atomic E-state index is 3.51. The van der Waals surface area contributed by atoms with Crippen molar-refractivity contribution < 1.29 is 0 Å². The average molecular weight is 297 g/mol. The van der Waals surface area contributed by atoms with E-state index in [9.17, 15) is 0 Å². The summed E-state index contributed by atoms with van der Waals surface area (Å²) in [5.74, 6) is 0. The van der Waals surface area contributed by atoms with Crippen LogP contribution >= 0.6 is 15.9 Å². The number of hydrogen-bond donors (Lipinski definition) is 1. The van der Waals surface area contributed by atoms with Crippen LogP contribution in [0.2, 0.25) is 0 Å². The van der Waals surface area contributed by atoms with E-state index in [4.69, 9.17) is 0 Å². The second-order valence-corrected chi connectivity index (χ2v) is 6.31. The summed E-state index contributed by atoms with van der Waals surface area (Å²) in [6.45, 7) is 9.08. The van der Waals surface area contributed by atoms with Crippen LogP contribution in [-0.4, -0.2) is 30.1 Å². The fourth-order valence-electron chi connectivity index (χ4n) is 2.31. The number of rotatable bonds is 2. The first-order valence-corrected chi connectivity index (χ1v) is 7.07. The lowest BCUT2D eigenvalue weighted by Gasteiger charge is -2.37. The van der Waals surface area contributed by atoms with Crippen LogP contribution in [0.1, 0.15) is 25.8 Å². The molecule has 0 aromatic heterocycles. The second-order valence-electron chi connectivity index (χ2n) is 5.39. The number of hydrogen-bond acceptors (Lipinski definition) is 2. The Morgan fingerprint density at radius 2 is 2.00 bits per heavy atom. The monoisotopic (exact) mass is 296 g/mol. The van der Waals surface area contributed by atoms with E-state index in [1.807, 2.05) is 0 Å². The van der Waals surface area contributed by atoms with E-state index in [1.165, 1.54) is 18.5 Å². The number of benzene rings is 1. The predicted octanol–water partition coefficient (Wildman–Crippen LogP) is 3.02. The molecular formula is C14H21BrN2. The second kappa shape index (κ2) is 5.51. The van der Waals surface area contributed by atoms with Crippen LogP contribution in [-0.2, 0) is 6.54 Å². The van der Waals surface area contributed by atoms with Crippen LogP contribution in [0.5, 0.6) is 0 Å². The van der Waals surface area contributed by atoms with E-state index < -0.39 is 0 Å². The molecule has 1 saturated heterocycles. The summed E-state index contributed by atoms with van der Waals surface area (Å²) in [5.41, 5.74) is 1.63. The van der Waals surface area contributed by atoms with Crippen LogP contribution in [0.15, 0.2) is 28.7 Å². The van der Waals surface area contributed by atoms with Crippen molar-refractivity contribution in [1.29, 1.82) is 0 Å². The van der Waals surface area contributed by atoms with E-state index in [-0.39, 0.29) is 5.54 Å². The van der Waals surface area contributed by atoms with Crippen LogP contribution in [0.4, 0.5) is 0 Å². The molecule has 0 radical (unpaired) electrons. The van der Waals surface area contributed by atoms with Gasteiger partial charge in [-0.15, -0.1) is 0 Å². The Balaban J connectivity index is 2.07. The van der Waals surface area contributed by atoms with Crippen molar-refractivity contribution in [2.75, 3.05) is 19.6 Å². The van der Waals surface area contributed by atoms with E-state index in [2.05, 4.69) is 64.3 Å². The maximum Gasteiger partial charge on any atom is 0.0281 e. The highest BCUT2D eigenvalue weighted by molar-refractivity contribution is 9.10. The molecule has 0 spiro atoms. The topological polar surface area (TPSA) is 15.3 Å². The van der Waals surface area contributed by atoms with Gasteiger partial charge in [-0.1, -0.05) is 28.1 Å². The third-order valence-corrected chi connectivity index (χ3v) is 4.01. The SMILES string of the molecule is CC1(C)CNCCCN1Cc1ccc(Br)cc1. The summed E-state index contributed by atoms with van der Waals surface area (Å²) in [5, 5.41) is 3.51. The van der Waals surface area contributed by atoms with Crippen LogP contribution in [0, 0.1) is 0 Å². The van der Waals surface area contributed by atoms with Gasteiger partial charge in [0.05, 0.1) is 0 Å². The van der Waals surface area contributed by atoms with Gasteiger partial charge in [0.25, 0.3) is 0 Å². The summed E-state index contributed by atoms with van der Waals surface area (Å²) < 4.78 is 1.15.